The van der Waals surface area contributed by atoms with Crippen LogP contribution in [0.4, 0.5) is 33.7 Å². The van der Waals surface area contributed by atoms with Crippen molar-refractivity contribution in [2.24, 2.45) is 13.0 Å². The first-order valence-corrected chi connectivity index (χ1v) is 10.6. The second-order valence-electron chi connectivity index (χ2n) is 8.33. The summed E-state index contributed by atoms with van der Waals surface area (Å²) in [6, 6.07) is 0.985. The van der Waals surface area contributed by atoms with Crippen molar-refractivity contribution in [3.05, 3.63) is 42.2 Å². The summed E-state index contributed by atoms with van der Waals surface area (Å²) in [5.41, 5.74) is -0.350. The molecular formula is C21H21F5N8O. The van der Waals surface area contributed by atoms with Gasteiger partial charge in [0.1, 0.15) is 17.8 Å². The Morgan fingerprint density at radius 3 is 2.54 bits per heavy atom. The highest BCUT2D eigenvalue weighted by atomic mass is 19.4. The monoisotopic (exact) mass is 496 g/mol. The van der Waals surface area contributed by atoms with Crippen molar-refractivity contribution in [3.63, 3.8) is 0 Å². The fourth-order valence-corrected chi connectivity index (χ4v) is 4.28. The van der Waals surface area contributed by atoms with E-state index in [0.717, 1.165) is 0 Å². The summed E-state index contributed by atoms with van der Waals surface area (Å²) in [5.74, 6) is -3.39. The molecule has 0 unspecified atom stereocenters. The van der Waals surface area contributed by atoms with E-state index in [1.54, 1.807) is 13.0 Å². The Kier molecular flexibility index (Phi) is 6.38. The van der Waals surface area contributed by atoms with Gasteiger partial charge in [-0.2, -0.15) is 18.3 Å². The summed E-state index contributed by atoms with van der Waals surface area (Å²) in [6.07, 6.45) is -0.420. The third-order valence-corrected chi connectivity index (χ3v) is 5.79. The van der Waals surface area contributed by atoms with Crippen LogP contribution < -0.4 is 10.2 Å². The van der Waals surface area contributed by atoms with E-state index in [2.05, 4.69) is 30.4 Å². The molecule has 1 N–H and O–H groups in total. The Morgan fingerprint density at radius 1 is 1.23 bits per heavy atom. The summed E-state index contributed by atoms with van der Waals surface area (Å²) < 4.78 is 69.1. The van der Waals surface area contributed by atoms with Crippen LogP contribution in [0.1, 0.15) is 29.4 Å². The number of aldehydes is 1. The summed E-state index contributed by atoms with van der Waals surface area (Å²) in [5, 5.41) is 7.04. The SMILES string of the molecule is C[C@@H]1CC(F)(F)CN(c2c(-c3ccncn3)c(C=O)nn2C)[C@@H]1CNc1ncc(C(F)(F)F)cn1. The van der Waals surface area contributed by atoms with Crippen molar-refractivity contribution in [1.82, 2.24) is 29.7 Å². The lowest BCUT2D eigenvalue weighted by atomic mass is 9.88. The van der Waals surface area contributed by atoms with Gasteiger partial charge in [0.15, 0.2) is 6.29 Å². The Balaban J connectivity index is 1.69. The number of hydrogen-bond acceptors (Lipinski definition) is 8. The number of aromatic nitrogens is 6. The van der Waals surface area contributed by atoms with Gasteiger partial charge in [0, 0.05) is 38.6 Å². The zero-order chi connectivity index (χ0) is 25.4. The van der Waals surface area contributed by atoms with Crippen LogP contribution in [0.2, 0.25) is 0 Å². The zero-order valence-electron chi connectivity index (χ0n) is 18.7. The van der Waals surface area contributed by atoms with Crippen LogP contribution in [0, 0.1) is 5.92 Å². The molecule has 14 heteroatoms. The lowest BCUT2D eigenvalue weighted by Gasteiger charge is -2.44. The van der Waals surface area contributed by atoms with Gasteiger partial charge in [-0.15, -0.1) is 0 Å². The van der Waals surface area contributed by atoms with E-state index >= 15 is 0 Å². The van der Waals surface area contributed by atoms with Crippen LogP contribution in [-0.2, 0) is 13.2 Å². The molecule has 0 aliphatic carbocycles. The Bertz CT molecular complexity index is 1180. The molecule has 1 saturated heterocycles. The van der Waals surface area contributed by atoms with Crippen molar-refractivity contribution in [2.75, 3.05) is 23.3 Å². The molecular weight excluding hydrogens is 475 g/mol. The lowest BCUT2D eigenvalue weighted by Crippen LogP contribution is -2.56. The summed E-state index contributed by atoms with van der Waals surface area (Å²) in [7, 11) is 1.54. The quantitative estimate of drug-likeness (QED) is 0.409. The highest BCUT2D eigenvalue weighted by Crippen LogP contribution is 2.41. The summed E-state index contributed by atoms with van der Waals surface area (Å²) in [6.45, 7) is 1.04. The van der Waals surface area contributed by atoms with Gasteiger partial charge >= 0.3 is 6.18 Å². The van der Waals surface area contributed by atoms with Crippen molar-refractivity contribution >= 4 is 18.1 Å². The van der Waals surface area contributed by atoms with Crippen LogP contribution >= 0.6 is 0 Å². The van der Waals surface area contributed by atoms with Crippen LogP contribution in [0.5, 0.6) is 0 Å². The first kappa shape index (κ1) is 24.4. The van der Waals surface area contributed by atoms with E-state index in [1.165, 1.54) is 29.2 Å². The molecule has 4 rings (SSSR count). The first-order chi connectivity index (χ1) is 16.5. The number of alkyl halides is 5. The molecule has 35 heavy (non-hydrogen) atoms. The van der Waals surface area contributed by atoms with Crippen LogP contribution in [-0.4, -0.2) is 61.1 Å². The molecule has 0 bridgehead atoms. The minimum atomic E-state index is -4.58. The average molecular weight is 496 g/mol. The fourth-order valence-electron chi connectivity index (χ4n) is 4.28. The predicted octanol–water partition coefficient (Wildman–Crippen LogP) is 3.46. The molecule has 0 spiro atoms. The minimum Gasteiger partial charge on any atom is -0.352 e. The first-order valence-electron chi connectivity index (χ1n) is 10.6. The van der Waals surface area contributed by atoms with E-state index in [4.69, 9.17) is 0 Å². The zero-order valence-corrected chi connectivity index (χ0v) is 18.7. The van der Waals surface area contributed by atoms with Gasteiger partial charge in [0.2, 0.25) is 5.95 Å². The molecule has 9 nitrogen and oxygen atoms in total. The average Bonchev–Trinajstić information content (AvgIpc) is 3.14. The predicted molar refractivity (Wildman–Crippen MR) is 115 cm³/mol. The highest BCUT2D eigenvalue weighted by molar-refractivity contribution is 5.90. The molecule has 3 aromatic heterocycles. The number of carbonyl (C=O) groups excluding carboxylic acids is 1. The van der Waals surface area contributed by atoms with Crippen LogP contribution in [0.3, 0.4) is 0 Å². The van der Waals surface area contributed by atoms with Crippen molar-refractivity contribution in [1.29, 1.82) is 0 Å². The summed E-state index contributed by atoms with van der Waals surface area (Å²) >= 11 is 0. The number of nitrogens with one attached hydrogen (secondary N) is 1. The van der Waals surface area contributed by atoms with Crippen molar-refractivity contribution in [2.45, 2.75) is 31.5 Å². The smallest absolute Gasteiger partial charge is 0.352 e. The maximum Gasteiger partial charge on any atom is 0.419 e. The molecule has 4 heterocycles. The largest absolute Gasteiger partial charge is 0.419 e. The number of rotatable bonds is 6. The second kappa shape index (κ2) is 9.15. The standard InChI is InChI=1S/C21H21F5N8O/c1-12-5-20(22,23)10-34(16(12)8-30-19-28-6-13(7-29-19)21(24,25)26)18-17(14-3-4-27-11-31-14)15(9-35)32-33(18)2/h3-4,6-7,9,11-12,16H,5,8,10H2,1-2H3,(H,28,29,30)/t12-,16-/m1/s1. The van der Waals surface area contributed by atoms with Gasteiger partial charge in [0.05, 0.1) is 29.4 Å². The highest BCUT2D eigenvalue weighted by Gasteiger charge is 2.46. The molecule has 0 amide bonds. The number of aryl methyl sites for hydroxylation is 1. The molecule has 0 radical (unpaired) electrons. The maximum absolute atomic E-state index is 14.7. The number of piperidine rings is 1. The van der Waals surface area contributed by atoms with E-state index in [-0.39, 0.29) is 29.6 Å². The Labute approximate surface area is 196 Å². The Hall–Kier alpha value is -3.71. The van der Waals surface area contributed by atoms with Crippen LogP contribution in [0.25, 0.3) is 11.3 Å². The van der Waals surface area contributed by atoms with E-state index in [9.17, 15) is 26.7 Å². The van der Waals surface area contributed by atoms with Gasteiger partial charge in [-0.1, -0.05) is 6.92 Å². The normalized spacial score (nSPS) is 20.0. The van der Waals surface area contributed by atoms with Gasteiger partial charge in [0.25, 0.3) is 5.92 Å². The minimum absolute atomic E-state index is 0.0283. The molecule has 2 atom stereocenters. The van der Waals surface area contributed by atoms with E-state index in [1.807, 2.05) is 0 Å². The molecule has 0 aromatic carbocycles. The molecule has 1 aliphatic heterocycles. The maximum atomic E-state index is 14.7. The Morgan fingerprint density at radius 2 is 1.94 bits per heavy atom. The third-order valence-electron chi connectivity index (χ3n) is 5.79. The molecule has 186 valence electrons. The number of hydrogen-bond donors (Lipinski definition) is 1. The van der Waals surface area contributed by atoms with E-state index in [0.29, 0.717) is 24.4 Å². The second-order valence-corrected chi connectivity index (χ2v) is 8.33. The molecule has 1 fully saturated rings. The lowest BCUT2D eigenvalue weighted by molar-refractivity contribution is -0.138. The number of carbonyl (C=O) groups is 1. The van der Waals surface area contributed by atoms with Crippen molar-refractivity contribution in [3.8, 4) is 11.3 Å². The van der Waals surface area contributed by atoms with E-state index < -0.39 is 42.6 Å². The molecule has 3 aromatic rings. The molecule has 1 aliphatic rings. The topological polar surface area (TPSA) is 102 Å². The number of anilines is 2. The fraction of sp³-hybridized carbons (Fsp3) is 0.429. The van der Waals surface area contributed by atoms with Gasteiger partial charge in [-0.05, 0) is 12.0 Å². The van der Waals surface area contributed by atoms with Gasteiger partial charge < -0.3 is 10.2 Å². The number of nitrogens with zero attached hydrogens (tertiary/aromatic N) is 7. The number of halogens is 5. The van der Waals surface area contributed by atoms with Gasteiger partial charge in [-0.25, -0.2) is 28.7 Å². The third kappa shape index (κ3) is 5.05. The van der Waals surface area contributed by atoms with Crippen molar-refractivity contribution < 1.29 is 26.7 Å². The van der Waals surface area contributed by atoms with Crippen LogP contribution in [0.15, 0.2) is 31.0 Å². The van der Waals surface area contributed by atoms with Gasteiger partial charge in [-0.3, -0.25) is 9.48 Å². The molecule has 0 saturated carbocycles. The summed E-state index contributed by atoms with van der Waals surface area (Å²) in [4.78, 5) is 28.6.